The van der Waals surface area contributed by atoms with Gasteiger partial charge in [0.2, 0.25) is 0 Å². The summed E-state index contributed by atoms with van der Waals surface area (Å²) in [7, 11) is 0. The van der Waals surface area contributed by atoms with Crippen LogP contribution in [0.5, 0.6) is 0 Å². The van der Waals surface area contributed by atoms with Crippen LogP contribution in [-0.4, -0.2) is 36.1 Å². The summed E-state index contributed by atoms with van der Waals surface area (Å²) in [5.41, 5.74) is 1.29. The molecule has 1 aromatic carbocycles. The zero-order valence-electron chi connectivity index (χ0n) is 10.6. The number of aromatic nitrogens is 2. The Labute approximate surface area is 117 Å². The summed E-state index contributed by atoms with van der Waals surface area (Å²) in [6, 6.07) is 10.5. The average Bonchev–Trinajstić information content (AvgIpc) is 2.49. The van der Waals surface area contributed by atoms with Crippen molar-refractivity contribution in [1.29, 1.82) is 0 Å². The van der Waals surface area contributed by atoms with Gasteiger partial charge in [-0.1, -0.05) is 30.4 Å². The van der Waals surface area contributed by atoms with Crippen molar-refractivity contribution < 1.29 is 0 Å². The number of rotatable bonds is 2. The molecule has 5 heteroatoms. The van der Waals surface area contributed by atoms with Gasteiger partial charge in [0.1, 0.15) is 4.64 Å². The van der Waals surface area contributed by atoms with Gasteiger partial charge in [0, 0.05) is 44.3 Å². The van der Waals surface area contributed by atoms with Crippen LogP contribution in [0.2, 0.25) is 0 Å². The zero-order valence-corrected chi connectivity index (χ0v) is 11.4. The molecule has 0 saturated carbocycles. The number of nitrogens with one attached hydrogen (secondary N) is 1. The summed E-state index contributed by atoms with van der Waals surface area (Å²) in [5, 5.41) is 0. The van der Waals surface area contributed by atoms with Crippen molar-refractivity contribution in [3.63, 3.8) is 0 Å². The minimum atomic E-state index is 0.718. The Kier molecular flexibility index (Phi) is 3.46. The van der Waals surface area contributed by atoms with Crippen molar-refractivity contribution in [3.05, 3.63) is 47.4 Å². The van der Waals surface area contributed by atoms with E-state index in [4.69, 9.17) is 12.2 Å². The molecule has 19 heavy (non-hydrogen) atoms. The van der Waals surface area contributed by atoms with Gasteiger partial charge in [0.05, 0.1) is 0 Å². The van der Waals surface area contributed by atoms with Crippen LogP contribution < -0.4 is 9.80 Å². The third kappa shape index (κ3) is 2.61. The summed E-state index contributed by atoms with van der Waals surface area (Å²) in [5.74, 6) is 0.894. The summed E-state index contributed by atoms with van der Waals surface area (Å²) < 4.78 is 0.718. The molecule has 1 saturated heterocycles. The maximum absolute atomic E-state index is 5.28. The highest BCUT2D eigenvalue weighted by atomic mass is 32.1. The molecule has 2 aromatic rings. The Morgan fingerprint density at radius 2 is 1.68 bits per heavy atom. The quantitative estimate of drug-likeness (QED) is 0.852. The lowest BCUT2D eigenvalue weighted by Gasteiger charge is -2.36. The summed E-state index contributed by atoms with van der Waals surface area (Å²) in [6.45, 7) is 3.89. The maximum Gasteiger partial charge on any atom is 0.163 e. The molecule has 0 amide bonds. The molecule has 2 heterocycles. The minimum absolute atomic E-state index is 0.718. The summed E-state index contributed by atoms with van der Waals surface area (Å²) in [4.78, 5) is 12.1. The van der Waals surface area contributed by atoms with E-state index in [1.807, 2.05) is 6.07 Å². The Hall–Kier alpha value is -1.88. The molecule has 0 radical (unpaired) electrons. The number of hydrogen-bond donors (Lipinski definition) is 1. The van der Waals surface area contributed by atoms with E-state index in [0.717, 1.165) is 36.6 Å². The lowest BCUT2D eigenvalue weighted by Crippen LogP contribution is -2.47. The third-order valence-corrected chi connectivity index (χ3v) is 3.69. The fourth-order valence-corrected chi connectivity index (χ4v) is 2.63. The van der Waals surface area contributed by atoms with E-state index in [1.165, 1.54) is 5.69 Å². The maximum atomic E-state index is 5.28. The van der Waals surface area contributed by atoms with Gasteiger partial charge in [-0.15, -0.1) is 0 Å². The molecule has 1 aromatic heterocycles. The highest BCUT2D eigenvalue weighted by molar-refractivity contribution is 7.71. The number of nitrogens with zero attached hydrogens (tertiary/aromatic N) is 3. The summed E-state index contributed by atoms with van der Waals surface area (Å²) in [6.07, 6.45) is 3.53. The second-order valence-corrected chi connectivity index (χ2v) is 4.96. The number of aromatic amines is 1. The average molecular weight is 272 g/mol. The Morgan fingerprint density at radius 3 is 2.37 bits per heavy atom. The number of H-pyrrole nitrogens is 1. The van der Waals surface area contributed by atoms with Gasteiger partial charge >= 0.3 is 0 Å². The zero-order chi connectivity index (χ0) is 13.1. The van der Waals surface area contributed by atoms with Gasteiger partial charge in [0.15, 0.2) is 5.82 Å². The van der Waals surface area contributed by atoms with Gasteiger partial charge in [-0.3, -0.25) is 0 Å². The number of para-hydroxylation sites is 1. The highest BCUT2D eigenvalue weighted by Gasteiger charge is 2.18. The molecule has 0 aliphatic carbocycles. The predicted molar refractivity (Wildman–Crippen MR) is 80.3 cm³/mol. The smallest absolute Gasteiger partial charge is 0.163 e. The van der Waals surface area contributed by atoms with Crippen molar-refractivity contribution in [2.75, 3.05) is 36.0 Å². The number of piperazine rings is 1. The molecule has 1 aliphatic heterocycles. The molecule has 1 fully saturated rings. The monoisotopic (exact) mass is 272 g/mol. The van der Waals surface area contributed by atoms with Crippen molar-refractivity contribution in [2.24, 2.45) is 0 Å². The normalized spacial score (nSPS) is 15.6. The molecule has 1 N–H and O–H groups in total. The standard InChI is InChI=1S/C14H16N4S/c19-14-13(15-6-7-16-14)18-10-8-17(9-11-18)12-4-2-1-3-5-12/h1-7H,8-11H2,(H,16,19). The van der Waals surface area contributed by atoms with E-state index >= 15 is 0 Å². The number of hydrogen-bond acceptors (Lipinski definition) is 4. The van der Waals surface area contributed by atoms with Crippen LogP contribution in [0, 0.1) is 4.64 Å². The van der Waals surface area contributed by atoms with Gasteiger partial charge in [-0.25, -0.2) is 4.98 Å². The van der Waals surface area contributed by atoms with Crippen LogP contribution in [0.4, 0.5) is 11.5 Å². The predicted octanol–water partition coefficient (Wildman–Crippen LogP) is 2.47. The topological polar surface area (TPSA) is 35.2 Å². The molecular formula is C14H16N4S. The minimum Gasteiger partial charge on any atom is -0.368 e. The summed E-state index contributed by atoms with van der Waals surface area (Å²) >= 11 is 5.28. The van der Waals surface area contributed by atoms with Crippen LogP contribution in [0.25, 0.3) is 0 Å². The molecular weight excluding hydrogens is 256 g/mol. The van der Waals surface area contributed by atoms with Crippen LogP contribution in [0.15, 0.2) is 42.7 Å². The number of anilines is 2. The van der Waals surface area contributed by atoms with E-state index < -0.39 is 0 Å². The van der Waals surface area contributed by atoms with E-state index in [2.05, 4.69) is 44.0 Å². The molecule has 3 rings (SSSR count). The van der Waals surface area contributed by atoms with E-state index in [-0.39, 0.29) is 0 Å². The van der Waals surface area contributed by atoms with E-state index in [0.29, 0.717) is 0 Å². The van der Waals surface area contributed by atoms with Crippen molar-refractivity contribution in [2.45, 2.75) is 0 Å². The van der Waals surface area contributed by atoms with Gasteiger partial charge in [-0.05, 0) is 12.1 Å². The first kappa shape index (κ1) is 12.2. The van der Waals surface area contributed by atoms with Crippen LogP contribution in [0.3, 0.4) is 0 Å². The van der Waals surface area contributed by atoms with Crippen LogP contribution >= 0.6 is 12.2 Å². The first-order valence-corrected chi connectivity index (χ1v) is 6.84. The second-order valence-electron chi connectivity index (χ2n) is 4.55. The largest absolute Gasteiger partial charge is 0.368 e. The van der Waals surface area contributed by atoms with Gasteiger partial charge < -0.3 is 14.8 Å². The fourth-order valence-electron chi connectivity index (χ4n) is 2.38. The van der Waals surface area contributed by atoms with Crippen molar-refractivity contribution in [1.82, 2.24) is 9.97 Å². The first-order valence-electron chi connectivity index (χ1n) is 6.43. The van der Waals surface area contributed by atoms with E-state index in [9.17, 15) is 0 Å². The van der Waals surface area contributed by atoms with Crippen molar-refractivity contribution >= 4 is 23.7 Å². The molecule has 1 aliphatic rings. The lowest BCUT2D eigenvalue weighted by atomic mass is 10.2. The molecule has 0 atom stereocenters. The van der Waals surface area contributed by atoms with Crippen LogP contribution in [-0.2, 0) is 0 Å². The Balaban J connectivity index is 1.70. The van der Waals surface area contributed by atoms with Gasteiger partial charge in [-0.2, -0.15) is 0 Å². The highest BCUT2D eigenvalue weighted by Crippen LogP contribution is 2.18. The Bertz CT molecular complexity index is 588. The molecule has 4 nitrogen and oxygen atoms in total. The Morgan fingerprint density at radius 1 is 1.00 bits per heavy atom. The van der Waals surface area contributed by atoms with E-state index in [1.54, 1.807) is 12.4 Å². The molecule has 98 valence electrons. The lowest BCUT2D eigenvalue weighted by molar-refractivity contribution is 0.645. The fraction of sp³-hybridized carbons (Fsp3) is 0.286. The second kappa shape index (κ2) is 5.40. The number of benzene rings is 1. The van der Waals surface area contributed by atoms with Crippen molar-refractivity contribution in [3.8, 4) is 0 Å². The molecule has 0 spiro atoms. The SMILES string of the molecule is S=c1[nH]ccnc1N1CCN(c2ccccc2)CC1. The van der Waals surface area contributed by atoms with Crippen LogP contribution in [0.1, 0.15) is 0 Å². The first-order chi connectivity index (χ1) is 9.34. The van der Waals surface area contributed by atoms with Gasteiger partial charge in [0.25, 0.3) is 0 Å². The third-order valence-electron chi connectivity index (χ3n) is 3.39. The molecule has 0 unspecified atom stereocenters. The molecule has 0 bridgehead atoms.